The van der Waals surface area contributed by atoms with E-state index >= 15 is 0 Å². The Kier molecular flexibility index (Phi) is 7.54. The van der Waals surface area contributed by atoms with Gasteiger partial charge >= 0.3 is 0 Å². The Morgan fingerprint density at radius 3 is 2.63 bits per heavy atom. The number of carbonyl (C=O) groups is 1. The topological polar surface area (TPSA) is 151 Å². The molecule has 1 aliphatic carbocycles. The van der Waals surface area contributed by atoms with Crippen LogP contribution < -0.4 is 15.5 Å². The molecule has 0 bridgehead atoms. The number of ether oxygens (including phenoxy) is 1. The van der Waals surface area contributed by atoms with Gasteiger partial charge in [0.15, 0.2) is 11.5 Å². The van der Waals surface area contributed by atoms with Crippen molar-refractivity contribution in [1.82, 2.24) is 20.6 Å². The number of amides is 1. The zero-order chi connectivity index (χ0) is 29.0. The molecule has 11 heteroatoms. The predicted octanol–water partition coefficient (Wildman–Crippen LogP) is 3.98. The molecule has 3 N–H and O–H groups in total. The number of nitriles is 2. The first-order valence-corrected chi connectivity index (χ1v) is 13.3. The number of anilines is 1. The summed E-state index contributed by atoms with van der Waals surface area (Å²) in [5.74, 6) is 0.109. The molecule has 208 valence electrons. The van der Waals surface area contributed by atoms with E-state index in [-0.39, 0.29) is 17.9 Å². The van der Waals surface area contributed by atoms with Crippen LogP contribution in [0.2, 0.25) is 0 Å². The fourth-order valence-electron chi connectivity index (χ4n) is 4.80. The highest BCUT2D eigenvalue weighted by atomic mass is 19.1. The molecule has 1 saturated heterocycles. The van der Waals surface area contributed by atoms with Crippen LogP contribution in [0, 0.1) is 39.3 Å². The molecule has 1 amide bonds. The summed E-state index contributed by atoms with van der Waals surface area (Å²) in [4.78, 5) is 23.3. The van der Waals surface area contributed by atoms with E-state index in [0.717, 1.165) is 30.4 Å². The molecule has 5 rings (SSSR count). The average Bonchev–Trinajstić information content (AvgIpc) is 3.78. The van der Waals surface area contributed by atoms with E-state index < -0.39 is 22.7 Å². The number of halogens is 1. The van der Waals surface area contributed by atoms with Gasteiger partial charge in [0, 0.05) is 54.6 Å². The largest absolute Gasteiger partial charge is 0.490 e. The Morgan fingerprint density at radius 1 is 1.24 bits per heavy atom. The minimum atomic E-state index is -0.651. The van der Waals surface area contributed by atoms with Crippen LogP contribution in [0.5, 0.6) is 0 Å². The summed E-state index contributed by atoms with van der Waals surface area (Å²) in [6.07, 6.45) is 10.4. The number of hydrogen-bond donors (Lipinski definition) is 3. The second-order valence-electron chi connectivity index (χ2n) is 10.7. The van der Waals surface area contributed by atoms with Gasteiger partial charge < -0.3 is 25.7 Å². The van der Waals surface area contributed by atoms with E-state index in [1.54, 1.807) is 18.5 Å². The van der Waals surface area contributed by atoms with Crippen molar-refractivity contribution in [3.05, 3.63) is 83.0 Å². The summed E-state index contributed by atoms with van der Waals surface area (Å²) < 4.78 is 19.9. The SMILES string of the molecule is CC1(NC(=O)c2ncccc2F)CCN(c2ccc(C3=CC(OCC4(C#N)CC4)=CN/C3=C(/C#N)C=N)cn2)CC1. The second-order valence-corrected chi connectivity index (χ2v) is 10.7. The fourth-order valence-corrected chi connectivity index (χ4v) is 4.80. The minimum absolute atomic E-state index is 0.161. The lowest BCUT2D eigenvalue weighted by Crippen LogP contribution is -2.53. The van der Waals surface area contributed by atoms with Gasteiger partial charge in [0.05, 0.1) is 22.8 Å². The quantitative estimate of drug-likeness (QED) is 0.329. The van der Waals surface area contributed by atoms with Gasteiger partial charge in [-0.2, -0.15) is 10.5 Å². The number of rotatable bonds is 8. The number of pyridine rings is 2. The summed E-state index contributed by atoms with van der Waals surface area (Å²) in [5.41, 5.74) is 0.865. The molecule has 0 unspecified atom stereocenters. The molecule has 2 aliphatic heterocycles. The van der Waals surface area contributed by atoms with Crippen molar-refractivity contribution in [2.45, 2.75) is 38.1 Å². The van der Waals surface area contributed by atoms with Crippen molar-refractivity contribution in [2.24, 2.45) is 5.41 Å². The van der Waals surface area contributed by atoms with E-state index in [0.29, 0.717) is 43.0 Å². The van der Waals surface area contributed by atoms with Gasteiger partial charge in [0.1, 0.15) is 24.3 Å². The Bertz CT molecular complexity index is 1540. The Morgan fingerprint density at radius 2 is 2.02 bits per heavy atom. The monoisotopic (exact) mass is 552 g/mol. The molecule has 0 spiro atoms. The molecule has 0 aromatic carbocycles. The van der Waals surface area contributed by atoms with Crippen molar-refractivity contribution in [3.63, 3.8) is 0 Å². The van der Waals surface area contributed by atoms with E-state index in [4.69, 9.17) is 10.1 Å². The Balaban J connectivity index is 1.28. The normalized spacial score (nSPS) is 19.8. The highest BCUT2D eigenvalue weighted by Crippen LogP contribution is 2.45. The van der Waals surface area contributed by atoms with Gasteiger partial charge in [0.25, 0.3) is 5.91 Å². The standard InChI is InChI=1S/C30H29FN8O2/c1-29(38-28(40)27-24(31)3-2-10-35-27)8-11-39(12-9-29)25-5-4-20(16-36-25)23-13-22(41-19-30(18-34)6-7-30)17-37-26(23)21(14-32)15-33/h2-5,10,13-14,16-17,32,37H,6-9,11-12,19H2,1H3,(H,38,40)/b26-21+,32-14?. The lowest BCUT2D eigenvalue weighted by atomic mass is 9.89. The summed E-state index contributed by atoms with van der Waals surface area (Å²) in [5, 5.41) is 32.6. The number of piperidine rings is 1. The predicted molar refractivity (Wildman–Crippen MR) is 150 cm³/mol. The number of aromatic nitrogens is 2. The molecule has 0 radical (unpaired) electrons. The van der Waals surface area contributed by atoms with Crippen molar-refractivity contribution in [2.75, 3.05) is 24.6 Å². The lowest BCUT2D eigenvalue weighted by molar-refractivity contribution is 0.0881. The Labute approximate surface area is 237 Å². The van der Waals surface area contributed by atoms with Gasteiger partial charge in [-0.1, -0.05) is 0 Å². The number of allylic oxidation sites excluding steroid dienone is 3. The van der Waals surface area contributed by atoms with Crippen LogP contribution in [0.1, 0.15) is 48.7 Å². The maximum Gasteiger partial charge on any atom is 0.273 e. The van der Waals surface area contributed by atoms with Crippen molar-refractivity contribution < 1.29 is 13.9 Å². The average molecular weight is 553 g/mol. The third-order valence-electron chi connectivity index (χ3n) is 7.69. The van der Waals surface area contributed by atoms with Crippen LogP contribution in [-0.4, -0.2) is 47.3 Å². The highest BCUT2D eigenvalue weighted by molar-refractivity contribution is 5.93. The maximum absolute atomic E-state index is 14.0. The zero-order valence-electron chi connectivity index (χ0n) is 22.6. The van der Waals surface area contributed by atoms with Gasteiger partial charge in [-0.05, 0) is 62.9 Å². The van der Waals surface area contributed by atoms with Gasteiger partial charge in [0.2, 0.25) is 0 Å². The smallest absolute Gasteiger partial charge is 0.273 e. The lowest BCUT2D eigenvalue weighted by Gasteiger charge is -2.40. The Hall–Kier alpha value is -5.03. The first kappa shape index (κ1) is 27.5. The van der Waals surface area contributed by atoms with Gasteiger partial charge in [-0.25, -0.2) is 14.4 Å². The molecule has 41 heavy (non-hydrogen) atoms. The molecule has 2 aromatic heterocycles. The third-order valence-corrected chi connectivity index (χ3v) is 7.69. The molecule has 2 fully saturated rings. The maximum atomic E-state index is 14.0. The van der Waals surface area contributed by atoms with Crippen LogP contribution in [0.4, 0.5) is 10.2 Å². The number of hydrogen-bond acceptors (Lipinski definition) is 9. The molecule has 2 aromatic rings. The number of carbonyl (C=O) groups excluding carboxylic acids is 1. The molecule has 0 atom stereocenters. The van der Waals surface area contributed by atoms with Crippen LogP contribution in [0.25, 0.3) is 5.57 Å². The van der Waals surface area contributed by atoms with Crippen LogP contribution >= 0.6 is 0 Å². The van der Waals surface area contributed by atoms with Gasteiger partial charge in [-0.15, -0.1) is 0 Å². The molecular weight excluding hydrogens is 523 g/mol. The molecule has 1 saturated carbocycles. The summed E-state index contributed by atoms with van der Waals surface area (Å²) in [6, 6.07) is 10.8. The molecule has 10 nitrogen and oxygen atoms in total. The van der Waals surface area contributed by atoms with Crippen LogP contribution in [0.3, 0.4) is 0 Å². The van der Waals surface area contributed by atoms with Crippen molar-refractivity contribution >= 4 is 23.5 Å². The van der Waals surface area contributed by atoms with E-state index in [1.165, 1.54) is 18.3 Å². The van der Waals surface area contributed by atoms with Crippen molar-refractivity contribution in [1.29, 1.82) is 15.9 Å². The van der Waals surface area contributed by atoms with Gasteiger partial charge in [-0.3, -0.25) is 4.79 Å². The third kappa shape index (κ3) is 5.94. The number of dihydropyridines is 1. The summed E-state index contributed by atoms with van der Waals surface area (Å²) >= 11 is 0. The first-order valence-electron chi connectivity index (χ1n) is 13.3. The molecule has 3 aliphatic rings. The molecular formula is C30H29FN8O2. The first-order chi connectivity index (χ1) is 19.8. The zero-order valence-corrected chi connectivity index (χ0v) is 22.6. The fraction of sp³-hybridized carbons (Fsp3) is 0.333. The highest BCUT2D eigenvalue weighted by Gasteiger charge is 2.44. The van der Waals surface area contributed by atoms with Crippen molar-refractivity contribution in [3.8, 4) is 12.1 Å². The minimum Gasteiger partial charge on any atom is -0.490 e. The molecule has 4 heterocycles. The van der Waals surface area contributed by atoms with E-state index in [9.17, 15) is 19.7 Å². The second kappa shape index (κ2) is 11.2. The van der Waals surface area contributed by atoms with E-state index in [1.807, 2.05) is 25.1 Å². The summed E-state index contributed by atoms with van der Waals surface area (Å²) in [6.45, 7) is 3.51. The van der Waals surface area contributed by atoms with Crippen LogP contribution in [0.15, 0.2) is 66.0 Å². The number of nitrogens with zero attached hydrogens (tertiary/aromatic N) is 5. The van der Waals surface area contributed by atoms with Crippen LogP contribution in [-0.2, 0) is 4.74 Å². The summed E-state index contributed by atoms with van der Waals surface area (Å²) in [7, 11) is 0. The number of nitrogens with one attached hydrogen (secondary N) is 3. The van der Waals surface area contributed by atoms with E-state index in [2.05, 4.69) is 31.6 Å².